The fourth-order valence-corrected chi connectivity index (χ4v) is 1.67. The van der Waals surface area contributed by atoms with Gasteiger partial charge < -0.3 is 16.4 Å². The summed E-state index contributed by atoms with van der Waals surface area (Å²) < 4.78 is 0. The van der Waals surface area contributed by atoms with Crippen molar-refractivity contribution in [3.05, 3.63) is 0 Å². The fraction of sp³-hybridized carbons (Fsp3) is 0.818. The summed E-state index contributed by atoms with van der Waals surface area (Å²) in [7, 11) is 0. The molecule has 1 aliphatic heterocycles. The summed E-state index contributed by atoms with van der Waals surface area (Å²) >= 11 is 0. The van der Waals surface area contributed by atoms with Crippen molar-refractivity contribution in [2.45, 2.75) is 39.2 Å². The first-order chi connectivity index (χ1) is 7.28. The van der Waals surface area contributed by atoms with E-state index in [-0.39, 0.29) is 12.5 Å². The Kier molecular flexibility index (Phi) is 3.57. The smallest absolute Gasteiger partial charge is 0.240 e. The van der Waals surface area contributed by atoms with E-state index in [0.29, 0.717) is 0 Å². The zero-order valence-corrected chi connectivity index (χ0v) is 10.2. The number of nitrogens with two attached hydrogens (primary N) is 1. The molecule has 1 saturated heterocycles. The van der Waals surface area contributed by atoms with E-state index in [2.05, 4.69) is 10.6 Å². The lowest BCUT2D eigenvalue weighted by Gasteiger charge is -2.27. The second kappa shape index (κ2) is 4.41. The predicted octanol–water partition coefficient (Wildman–Crippen LogP) is -0.244. The van der Waals surface area contributed by atoms with E-state index in [9.17, 15) is 9.59 Å². The van der Waals surface area contributed by atoms with E-state index in [1.54, 1.807) is 13.8 Å². The van der Waals surface area contributed by atoms with Crippen LogP contribution in [0.4, 0.5) is 0 Å². The van der Waals surface area contributed by atoms with Gasteiger partial charge in [-0.05, 0) is 40.2 Å². The molecule has 1 unspecified atom stereocenters. The van der Waals surface area contributed by atoms with Gasteiger partial charge in [0.1, 0.15) is 0 Å². The quantitative estimate of drug-likeness (QED) is 0.619. The highest BCUT2D eigenvalue weighted by Crippen LogP contribution is 2.19. The molecule has 1 atom stereocenters. The molecule has 1 heterocycles. The molecule has 0 aromatic rings. The number of primary amides is 1. The molecule has 1 rings (SSSR count). The number of rotatable bonds is 4. The third-order valence-corrected chi connectivity index (χ3v) is 3.23. The van der Waals surface area contributed by atoms with Gasteiger partial charge in [0, 0.05) is 6.54 Å². The molecule has 0 spiro atoms. The Morgan fingerprint density at radius 3 is 2.56 bits per heavy atom. The Morgan fingerprint density at radius 2 is 2.12 bits per heavy atom. The van der Waals surface area contributed by atoms with Crippen molar-refractivity contribution in [2.75, 3.05) is 13.1 Å². The molecule has 92 valence electrons. The van der Waals surface area contributed by atoms with Crippen molar-refractivity contribution in [1.82, 2.24) is 10.6 Å². The SMILES string of the molecule is CC(C)(CNC(=O)C1(C)CCCN1)C(N)=O. The lowest BCUT2D eigenvalue weighted by Crippen LogP contribution is -2.54. The van der Waals surface area contributed by atoms with Crippen molar-refractivity contribution in [1.29, 1.82) is 0 Å². The van der Waals surface area contributed by atoms with Gasteiger partial charge in [-0.3, -0.25) is 9.59 Å². The van der Waals surface area contributed by atoms with Crippen molar-refractivity contribution in [3.8, 4) is 0 Å². The van der Waals surface area contributed by atoms with Crippen LogP contribution in [-0.4, -0.2) is 30.4 Å². The maximum atomic E-state index is 11.9. The Morgan fingerprint density at radius 1 is 1.50 bits per heavy atom. The number of amides is 2. The third-order valence-electron chi connectivity index (χ3n) is 3.23. The molecular formula is C11H21N3O2. The average Bonchev–Trinajstić information content (AvgIpc) is 2.62. The van der Waals surface area contributed by atoms with Gasteiger partial charge in [-0.2, -0.15) is 0 Å². The van der Waals surface area contributed by atoms with Crippen molar-refractivity contribution in [3.63, 3.8) is 0 Å². The van der Waals surface area contributed by atoms with Gasteiger partial charge in [0.05, 0.1) is 11.0 Å². The second-order valence-corrected chi connectivity index (χ2v) is 5.29. The monoisotopic (exact) mass is 227 g/mol. The molecule has 1 aliphatic rings. The molecule has 1 fully saturated rings. The summed E-state index contributed by atoms with van der Waals surface area (Å²) in [6.45, 7) is 6.47. The molecule has 5 heteroatoms. The highest BCUT2D eigenvalue weighted by molar-refractivity contribution is 5.87. The molecule has 0 aromatic carbocycles. The first kappa shape index (κ1) is 13.0. The van der Waals surface area contributed by atoms with E-state index in [0.717, 1.165) is 19.4 Å². The number of hydrogen-bond donors (Lipinski definition) is 3. The van der Waals surface area contributed by atoms with Crippen LogP contribution in [0.1, 0.15) is 33.6 Å². The zero-order chi connectivity index (χ0) is 12.4. The highest BCUT2D eigenvalue weighted by Gasteiger charge is 2.37. The predicted molar refractivity (Wildman–Crippen MR) is 61.6 cm³/mol. The minimum atomic E-state index is -0.704. The highest BCUT2D eigenvalue weighted by atomic mass is 16.2. The summed E-state index contributed by atoms with van der Waals surface area (Å²) in [5, 5.41) is 5.95. The van der Waals surface area contributed by atoms with Gasteiger partial charge in [0.25, 0.3) is 0 Å². The van der Waals surface area contributed by atoms with Crippen LogP contribution >= 0.6 is 0 Å². The van der Waals surface area contributed by atoms with Crippen LogP contribution < -0.4 is 16.4 Å². The lowest BCUT2D eigenvalue weighted by molar-refractivity contribution is -0.129. The molecule has 0 saturated carbocycles. The van der Waals surface area contributed by atoms with Crippen LogP contribution in [0.5, 0.6) is 0 Å². The standard InChI is InChI=1S/C11H21N3O2/c1-10(2,8(12)15)7-13-9(16)11(3)5-4-6-14-11/h14H,4-7H2,1-3H3,(H2,12,15)(H,13,16). The van der Waals surface area contributed by atoms with Crippen molar-refractivity contribution in [2.24, 2.45) is 11.1 Å². The molecule has 0 aromatic heterocycles. The van der Waals surface area contributed by atoms with Crippen LogP contribution in [0.2, 0.25) is 0 Å². The molecule has 16 heavy (non-hydrogen) atoms. The van der Waals surface area contributed by atoms with Gasteiger partial charge >= 0.3 is 0 Å². The van der Waals surface area contributed by atoms with Crippen LogP contribution in [0, 0.1) is 5.41 Å². The normalized spacial score (nSPS) is 25.4. The molecule has 4 N–H and O–H groups in total. The largest absolute Gasteiger partial charge is 0.369 e. The Labute approximate surface area is 96.1 Å². The van der Waals surface area contributed by atoms with Crippen LogP contribution in [0.25, 0.3) is 0 Å². The number of nitrogens with one attached hydrogen (secondary N) is 2. The number of carbonyl (C=O) groups is 2. The van der Waals surface area contributed by atoms with E-state index < -0.39 is 16.9 Å². The maximum absolute atomic E-state index is 11.9. The summed E-state index contributed by atoms with van der Waals surface area (Å²) in [6.07, 6.45) is 1.83. The molecule has 2 amide bonds. The number of hydrogen-bond acceptors (Lipinski definition) is 3. The molecule has 0 radical (unpaired) electrons. The van der Waals surface area contributed by atoms with E-state index in [1.165, 1.54) is 0 Å². The average molecular weight is 227 g/mol. The molecule has 0 aliphatic carbocycles. The zero-order valence-electron chi connectivity index (χ0n) is 10.2. The van der Waals surface area contributed by atoms with Crippen LogP contribution in [0.3, 0.4) is 0 Å². The van der Waals surface area contributed by atoms with Crippen LogP contribution in [-0.2, 0) is 9.59 Å². The van der Waals surface area contributed by atoms with Gasteiger partial charge in [0.2, 0.25) is 11.8 Å². The third kappa shape index (κ3) is 2.72. The van der Waals surface area contributed by atoms with Crippen molar-refractivity contribution >= 4 is 11.8 Å². The fourth-order valence-electron chi connectivity index (χ4n) is 1.67. The van der Waals surface area contributed by atoms with Gasteiger partial charge in [-0.1, -0.05) is 0 Å². The molecular weight excluding hydrogens is 206 g/mol. The maximum Gasteiger partial charge on any atom is 0.240 e. The molecule has 0 bridgehead atoms. The van der Waals surface area contributed by atoms with Gasteiger partial charge in [0.15, 0.2) is 0 Å². The topological polar surface area (TPSA) is 84.2 Å². The van der Waals surface area contributed by atoms with E-state index in [4.69, 9.17) is 5.73 Å². The Bertz CT molecular complexity index is 294. The Hall–Kier alpha value is -1.10. The van der Waals surface area contributed by atoms with E-state index >= 15 is 0 Å². The van der Waals surface area contributed by atoms with Crippen molar-refractivity contribution < 1.29 is 9.59 Å². The summed E-state index contributed by atoms with van der Waals surface area (Å²) in [6, 6.07) is 0. The second-order valence-electron chi connectivity index (χ2n) is 5.29. The molecule has 5 nitrogen and oxygen atoms in total. The first-order valence-electron chi connectivity index (χ1n) is 5.61. The van der Waals surface area contributed by atoms with Gasteiger partial charge in [-0.15, -0.1) is 0 Å². The summed E-state index contributed by atoms with van der Waals surface area (Å²) in [5.41, 5.74) is 4.04. The van der Waals surface area contributed by atoms with E-state index in [1.807, 2.05) is 6.92 Å². The Balaban J connectivity index is 2.50. The first-order valence-corrected chi connectivity index (χ1v) is 5.61. The minimum Gasteiger partial charge on any atom is -0.369 e. The summed E-state index contributed by atoms with van der Waals surface area (Å²) in [5.74, 6) is -0.461. The number of carbonyl (C=O) groups excluding carboxylic acids is 2. The lowest BCUT2D eigenvalue weighted by atomic mass is 9.91. The minimum absolute atomic E-state index is 0.0562. The van der Waals surface area contributed by atoms with Gasteiger partial charge in [-0.25, -0.2) is 0 Å². The van der Waals surface area contributed by atoms with Crippen LogP contribution in [0.15, 0.2) is 0 Å². The summed E-state index contributed by atoms with van der Waals surface area (Å²) in [4.78, 5) is 23.0.